The van der Waals surface area contributed by atoms with Gasteiger partial charge in [0.2, 0.25) is 5.13 Å². The summed E-state index contributed by atoms with van der Waals surface area (Å²) in [5, 5.41) is 6.74. The quantitative estimate of drug-likeness (QED) is 0.200. The van der Waals surface area contributed by atoms with Gasteiger partial charge in [-0.05, 0) is 54.1 Å². The van der Waals surface area contributed by atoms with E-state index >= 15 is 0 Å². The summed E-state index contributed by atoms with van der Waals surface area (Å²) < 4.78 is 2.88. The van der Waals surface area contributed by atoms with Crippen molar-refractivity contribution in [3.05, 3.63) is 91.8 Å². The molecule has 144 valence electrons. The Bertz CT molecular complexity index is 1220. The van der Waals surface area contributed by atoms with Crippen LogP contribution in [0.4, 0.5) is 5.13 Å². The zero-order chi connectivity index (χ0) is 20.4. The van der Waals surface area contributed by atoms with Crippen molar-refractivity contribution in [1.82, 2.24) is 4.98 Å². The Kier molecular flexibility index (Phi) is 6.10. The molecular formula is C21H12Br2ClN3OS. The second-order valence-corrected chi connectivity index (χ2v) is 9.31. The van der Waals surface area contributed by atoms with Gasteiger partial charge in [0.05, 0.1) is 16.4 Å². The van der Waals surface area contributed by atoms with Crippen LogP contribution < -0.4 is 5.01 Å². The molecule has 0 aliphatic heterocycles. The second kappa shape index (κ2) is 8.75. The Hall–Kier alpha value is -2.06. The predicted octanol–water partition coefficient (Wildman–Crippen LogP) is 7.16. The van der Waals surface area contributed by atoms with Gasteiger partial charge in [-0.2, -0.15) is 10.1 Å². The molecular weight excluding hydrogens is 538 g/mol. The maximum Gasteiger partial charge on any atom is 0.280 e. The van der Waals surface area contributed by atoms with E-state index in [1.807, 2.05) is 42.5 Å². The molecule has 4 rings (SSSR count). The molecule has 3 aromatic carbocycles. The van der Waals surface area contributed by atoms with Crippen LogP contribution in [0.2, 0.25) is 5.02 Å². The first-order valence-electron chi connectivity index (χ1n) is 8.45. The first-order chi connectivity index (χ1) is 14.0. The van der Waals surface area contributed by atoms with E-state index in [4.69, 9.17) is 11.6 Å². The smallest absolute Gasteiger partial charge is 0.267 e. The Morgan fingerprint density at radius 1 is 1.03 bits per heavy atom. The molecule has 0 N–H and O–H groups in total. The molecule has 4 nitrogen and oxygen atoms in total. The van der Waals surface area contributed by atoms with Crippen molar-refractivity contribution in [2.45, 2.75) is 0 Å². The number of hydrazone groups is 1. The van der Waals surface area contributed by atoms with Crippen molar-refractivity contribution in [2.75, 3.05) is 5.01 Å². The van der Waals surface area contributed by atoms with Gasteiger partial charge >= 0.3 is 0 Å². The monoisotopic (exact) mass is 547 g/mol. The molecule has 8 heteroatoms. The van der Waals surface area contributed by atoms with Crippen LogP contribution in [0.3, 0.4) is 0 Å². The molecule has 0 spiro atoms. The van der Waals surface area contributed by atoms with Crippen molar-refractivity contribution in [2.24, 2.45) is 5.10 Å². The van der Waals surface area contributed by atoms with E-state index in [0.29, 0.717) is 15.7 Å². The number of rotatable bonds is 4. The number of nitrogens with zero attached hydrogens (tertiary/aromatic N) is 3. The Labute approximate surface area is 193 Å². The van der Waals surface area contributed by atoms with Crippen molar-refractivity contribution < 1.29 is 4.79 Å². The topological polar surface area (TPSA) is 45.6 Å². The number of benzene rings is 3. The lowest BCUT2D eigenvalue weighted by molar-refractivity contribution is 0.0988. The summed E-state index contributed by atoms with van der Waals surface area (Å²) in [6, 6.07) is 20.2. The summed E-state index contributed by atoms with van der Waals surface area (Å²) in [6.45, 7) is 0. The number of carbonyl (C=O) groups is 1. The van der Waals surface area contributed by atoms with Crippen molar-refractivity contribution >= 4 is 82.3 Å². The van der Waals surface area contributed by atoms with Gasteiger partial charge in [-0.3, -0.25) is 4.79 Å². The maximum absolute atomic E-state index is 13.2. The van der Waals surface area contributed by atoms with Crippen LogP contribution in [0.1, 0.15) is 15.9 Å². The van der Waals surface area contributed by atoms with Gasteiger partial charge in [0.15, 0.2) is 0 Å². The van der Waals surface area contributed by atoms with Gasteiger partial charge in [-0.15, -0.1) is 0 Å². The summed E-state index contributed by atoms with van der Waals surface area (Å²) >= 11 is 14.4. The first kappa shape index (κ1) is 20.2. The minimum atomic E-state index is -0.306. The molecule has 0 bridgehead atoms. The van der Waals surface area contributed by atoms with Gasteiger partial charge in [0, 0.05) is 19.5 Å². The third-order valence-corrected chi connectivity index (χ3v) is 6.23. The number of hydrogen-bond acceptors (Lipinski definition) is 4. The number of halogens is 3. The molecule has 0 aliphatic rings. The normalized spacial score (nSPS) is 11.3. The van der Waals surface area contributed by atoms with Crippen LogP contribution in [-0.4, -0.2) is 17.1 Å². The lowest BCUT2D eigenvalue weighted by Gasteiger charge is -2.14. The maximum atomic E-state index is 13.2. The Balaban J connectivity index is 1.76. The molecule has 0 unspecified atom stereocenters. The third kappa shape index (κ3) is 4.75. The Morgan fingerprint density at radius 2 is 1.79 bits per heavy atom. The van der Waals surface area contributed by atoms with Gasteiger partial charge in [0.1, 0.15) is 0 Å². The second-order valence-electron chi connectivity index (χ2n) is 6.03. The van der Waals surface area contributed by atoms with Crippen LogP contribution >= 0.6 is 54.8 Å². The lowest BCUT2D eigenvalue weighted by atomic mass is 10.2. The Morgan fingerprint density at radius 3 is 2.55 bits per heavy atom. The number of thiazole rings is 1. The minimum Gasteiger partial charge on any atom is -0.267 e. The molecule has 1 amide bonds. The van der Waals surface area contributed by atoms with Crippen LogP contribution in [0.15, 0.2) is 80.8 Å². The van der Waals surface area contributed by atoms with E-state index in [0.717, 1.165) is 24.7 Å². The van der Waals surface area contributed by atoms with Crippen molar-refractivity contribution in [3.63, 3.8) is 0 Å². The molecule has 0 radical (unpaired) electrons. The number of carbonyl (C=O) groups excluding carboxylic acids is 1. The highest BCUT2D eigenvalue weighted by Gasteiger charge is 2.21. The zero-order valence-corrected chi connectivity index (χ0v) is 19.5. The minimum absolute atomic E-state index is 0.306. The van der Waals surface area contributed by atoms with Gasteiger partial charge < -0.3 is 0 Å². The fraction of sp³-hybridized carbons (Fsp3) is 0. The summed E-state index contributed by atoms with van der Waals surface area (Å²) in [6.07, 6.45) is 1.64. The van der Waals surface area contributed by atoms with Gasteiger partial charge in [0.25, 0.3) is 5.91 Å². The molecule has 29 heavy (non-hydrogen) atoms. The largest absolute Gasteiger partial charge is 0.280 e. The highest BCUT2D eigenvalue weighted by molar-refractivity contribution is 9.10. The van der Waals surface area contributed by atoms with Crippen molar-refractivity contribution in [1.29, 1.82) is 0 Å². The molecule has 0 saturated heterocycles. The highest BCUT2D eigenvalue weighted by Crippen LogP contribution is 2.32. The number of fused-ring (bicyclic) bond motifs is 1. The third-order valence-electron chi connectivity index (χ3n) is 3.98. The summed E-state index contributed by atoms with van der Waals surface area (Å²) in [5.41, 5.74) is 2.10. The summed E-state index contributed by atoms with van der Waals surface area (Å²) in [4.78, 5) is 17.8. The summed E-state index contributed by atoms with van der Waals surface area (Å²) in [7, 11) is 0. The average molecular weight is 550 g/mol. The highest BCUT2D eigenvalue weighted by atomic mass is 79.9. The lowest BCUT2D eigenvalue weighted by Crippen LogP contribution is -2.25. The average Bonchev–Trinajstić information content (AvgIpc) is 3.12. The molecule has 0 aliphatic carbocycles. The van der Waals surface area contributed by atoms with E-state index in [9.17, 15) is 4.79 Å². The first-order valence-corrected chi connectivity index (χ1v) is 11.2. The standard InChI is InChI=1S/C21H12Br2ClN3OS/c22-15-6-4-13(5-7-15)12-25-27(20(28)14-2-1-3-17(24)10-14)21-26-18-9-8-16(23)11-19(18)29-21/h1-12H/b25-12+. The van der Waals surface area contributed by atoms with Crippen LogP contribution in [0, 0.1) is 0 Å². The zero-order valence-electron chi connectivity index (χ0n) is 14.7. The van der Waals surface area contributed by atoms with E-state index < -0.39 is 0 Å². The molecule has 1 aromatic heterocycles. The van der Waals surface area contributed by atoms with E-state index in [1.165, 1.54) is 16.3 Å². The van der Waals surface area contributed by atoms with Gasteiger partial charge in [-0.25, -0.2) is 4.98 Å². The number of hydrogen-bond donors (Lipinski definition) is 0. The van der Waals surface area contributed by atoms with E-state index in [2.05, 4.69) is 41.9 Å². The molecule has 0 atom stereocenters. The SMILES string of the molecule is O=C(c1cccc(Cl)c1)N(/N=C/c1ccc(Br)cc1)c1nc2ccc(Br)cc2s1. The molecule has 0 fully saturated rings. The molecule has 1 heterocycles. The van der Waals surface area contributed by atoms with E-state index in [-0.39, 0.29) is 5.91 Å². The van der Waals surface area contributed by atoms with Gasteiger partial charge in [-0.1, -0.05) is 73.0 Å². The van der Waals surface area contributed by atoms with Crippen LogP contribution in [0.5, 0.6) is 0 Å². The fourth-order valence-corrected chi connectivity index (χ4v) is 4.51. The summed E-state index contributed by atoms with van der Waals surface area (Å²) in [5.74, 6) is -0.306. The molecule has 0 saturated carbocycles. The van der Waals surface area contributed by atoms with Crippen LogP contribution in [0.25, 0.3) is 10.2 Å². The predicted molar refractivity (Wildman–Crippen MR) is 127 cm³/mol. The van der Waals surface area contributed by atoms with Crippen LogP contribution in [-0.2, 0) is 0 Å². The molecule has 4 aromatic rings. The number of aromatic nitrogens is 1. The van der Waals surface area contributed by atoms with Crippen molar-refractivity contribution in [3.8, 4) is 0 Å². The number of anilines is 1. The van der Waals surface area contributed by atoms with E-state index in [1.54, 1.807) is 30.5 Å². The number of amides is 1. The fourth-order valence-electron chi connectivity index (χ4n) is 2.58.